The molecule has 2 aromatic carbocycles. The SMILES string of the molecule is CC1Oc2ccccc2N(CCC(=O)Nc2cccc(CN(C)C)c2)C1=O. The van der Waals surface area contributed by atoms with Crippen LogP contribution in [0.15, 0.2) is 48.5 Å². The van der Waals surface area contributed by atoms with E-state index < -0.39 is 6.10 Å². The van der Waals surface area contributed by atoms with Gasteiger partial charge in [0.25, 0.3) is 5.91 Å². The lowest BCUT2D eigenvalue weighted by molar-refractivity contribution is -0.125. The molecule has 0 bridgehead atoms. The molecule has 0 saturated carbocycles. The lowest BCUT2D eigenvalue weighted by Crippen LogP contribution is -2.45. The first-order valence-corrected chi connectivity index (χ1v) is 9.04. The Morgan fingerprint density at radius 1 is 1.19 bits per heavy atom. The van der Waals surface area contributed by atoms with Crippen LogP contribution in [0.3, 0.4) is 0 Å². The molecule has 0 saturated heterocycles. The molecule has 0 aromatic heterocycles. The van der Waals surface area contributed by atoms with E-state index in [-0.39, 0.29) is 18.2 Å². The molecule has 2 amide bonds. The fraction of sp³-hybridized carbons (Fsp3) is 0.333. The summed E-state index contributed by atoms with van der Waals surface area (Å²) in [5, 5.41) is 2.92. The maximum Gasteiger partial charge on any atom is 0.267 e. The Kier molecular flexibility index (Phi) is 5.76. The van der Waals surface area contributed by atoms with Crippen molar-refractivity contribution in [2.75, 3.05) is 30.9 Å². The minimum absolute atomic E-state index is 0.124. The van der Waals surface area contributed by atoms with Crippen molar-refractivity contribution in [3.63, 3.8) is 0 Å². The number of ether oxygens (including phenoxy) is 1. The Labute approximate surface area is 159 Å². The van der Waals surface area contributed by atoms with Gasteiger partial charge in [0.15, 0.2) is 6.10 Å². The molecule has 27 heavy (non-hydrogen) atoms. The maximum absolute atomic E-state index is 12.5. The third-order valence-corrected chi connectivity index (χ3v) is 4.35. The number of nitrogens with one attached hydrogen (secondary N) is 1. The summed E-state index contributed by atoms with van der Waals surface area (Å²) in [7, 11) is 4.01. The standard InChI is InChI=1S/C21H25N3O3/c1-15-21(26)24(18-9-4-5-10-19(18)27-15)12-11-20(25)22-17-8-6-7-16(13-17)14-23(2)3/h4-10,13,15H,11-12,14H2,1-3H3,(H,22,25). The summed E-state index contributed by atoms with van der Waals surface area (Å²) in [4.78, 5) is 28.6. The lowest BCUT2D eigenvalue weighted by atomic mass is 10.1. The summed E-state index contributed by atoms with van der Waals surface area (Å²) in [6.45, 7) is 2.84. The highest BCUT2D eigenvalue weighted by atomic mass is 16.5. The average Bonchev–Trinajstić information content (AvgIpc) is 2.62. The quantitative estimate of drug-likeness (QED) is 0.853. The predicted molar refractivity (Wildman–Crippen MR) is 106 cm³/mol. The summed E-state index contributed by atoms with van der Waals surface area (Å²) in [5.74, 6) is 0.414. The van der Waals surface area contributed by atoms with Crippen molar-refractivity contribution in [3.05, 3.63) is 54.1 Å². The Hall–Kier alpha value is -2.86. The van der Waals surface area contributed by atoms with E-state index >= 15 is 0 Å². The number of nitrogens with zero attached hydrogens (tertiary/aromatic N) is 2. The topological polar surface area (TPSA) is 61.9 Å². The Balaban J connectivity index is 1.63. The molecule has 1 aliphatic rings. The largest absolute Gasteiger partial charge is 0.479 e. The lowest BCUT2D eigenvalue weighted by Gasteiger charge is -2.32. The molecule has 2 aromatic rings. The van der Waals surface area contributed by atoms with E-state index in [2.05, 4.69) is 10.2 Å². The van der Waals surface area contributed by atoms with Gasteiger partial charge < -0.3 is 19.9 Å². The molecule has 0 fully saturated rings. The number of hydrogen-bond acceptors (Lipinski definition) is 4. The van der Waals surface area contributed by atoms with Crippen LogP contribution < -0.4 is 15.0 Å². The summed E-state index contributed by atoms with van der Waals surface area (Å²) in [5.41, 5.74) is 2.60. The molecule has 6 nitrogen and oxygen atoms in total. The average molecular weight is 367 g/mol. The molecule has 1 unspecified atom stereocenters. The van der Waals surface area contributed by atoms with E-state index in [4.69, 9.17) is 4.74 Å². The maximum atomic E-state index is 12.5. The first kappa shape index (κ1) is 18.9. The number of hydrogen-bond donors (Lipinski definition) is 1. The van der Waals surface area contributed by atoms with Crippen LogP contribution in [0.4, 0.5) is 11.4 Å². The Morgan fingerprint density at radius 3 is 2.74 bits per heavy atom. The van der Waals surface area contributed by atoms with Crippen LogP contribution in [0.1, 0.15) is 18.9 Å². The van der Waals surface area contributed by atoms with E-state index in [1.165, 1.54) is 0 Å². The van der Waals surface area contributed by atoms with Gasteiger partial charge in [-0.2, -0.15) is 0 Å². The van der Waals surface area contributed by atoms with Gasteiger partial charge in [-0.15, -0.1) is 0 Å². The first-order valence-electron chi connectivity index (χ1n) is 9.04. The molecule has 1 aliphatic heterocycles. The van der Waals surface area contributed by atoms with E-state index in [1.807, 2.05) is 62.6 Å². The van der Waals surface area contributed by atoms with E-state index in [9.17, 15) is 9.59 Å². The molecule has 0 spiro atoms. The molecule has 142 valence electrons. The van der Waals surface area contributed by atoms with Crippen LogP contribution >= 0.6 is 0 Å². The number of amides is 2. The third kappa shape index (κ3) is 4.65. The van der Waals surface area contributed by atoms with Crippen molar-refractivity contribution in [2.45, 2.75) is 26.0 Å². The summed E-state index contributed by atoms with van der Waals surface area (Å²) in [6.07, 6.45) is -0.337. The van der Waals surface area contributed by atoms with Gasteiger partial charge in [-0.25, -0.2) is 0 Å². The fourth-order valence-corrected chi connectivity index (χ4v) is 3.14. The van der Waals surface area contributed by atoms with Gasteiger partial charge in [-0.05, 0) is 50.8 Å². The fourth-order valence-electron chi connectivity index (χ4n) is 3.14. The number of anilines is 2. The van der Waals surface area contributed by atoms with Crippen LogP contribution in [0.25, 0.3) is 0 Å². The Bertz CT molecular complexity index is 835. The van der Waals surface area contributed by atoms with Gasteiger partial charge in [-0.1, -0.05) is 24.3 Å². The van der Waals surface area contributed by atoms with Gasteiger partial charge in [0, 0.05) is 25.2 Å². The third-order valence-electron chi connectivity index (χ3n) is 4.35. The van der Waals surface area contributed by atoms with Crippen molar-refractivity contribution in [3.8, 4) is 5.75 Å². The molecule has 0 radical (unpaired) electrons. The minimum atomic E-state index is -0.550. The van der Waals surface area contributed by atoms with Gasteiger partial charge in [0.05, 0.1) is 5.69 Å². The van der Waals surface area contributed by atoms with Gasteiger partial charge >= 0.3 is 0 Å². The second-order valence-corrected chi connectivity index (χ2v) is 6.95. The van der Waals surface area contributed by atoms with Crippen molar-refractivity contribution >= 4 is 23.2 Å². The predicted octanol–water partition coefficient (Wildman–Crippen LogP) is 2.89. The second kappa shape index (κ2) is 8.22. The zero-order valence-corrected chi connectivity index (χ0v) is 15.9. The minimum Gasteiger partial charge on any atom is -0.479 e. The molecule has 1 heterocycles. The van der Waals surface area contributed by atoms with Crippen LogP contribution in [0, 0.1) is 0 Å². The molecule has 1 atom stereocenters. The number of rotatable bonds is 6. The number of para-hydroxylation sites is 2. The normalized spacial score (nSPS) is 16.1. The second-order valence-electron chi connectivity index (χ2n) is 6.95. The van der Waals surface area contributed by atoms with Crippen LogP contribution in [-0.4, -0.2) is 43.5 Å². The zero-order valence-electron chi connectivity index (χ0n) is 15.9. The van der Waals surface area contributed by atoms with E-state index in [1.54, 1.807) is 11.8 Å². The number of carbonyl (C=O) groups excluding carboxylic acids is 2. The number of fused-ring (bicyclic) bond motifs is 1. The van der Waals surface area contributed by atoms with Crippen LogP contribution in [0.5, 0.6) is 5.75 Å². The van der Waals surface area contributed by atoms with E-state index in [0.29, 0.717) is 18.0 Å². The number of benzene rings is 2. The smallest absolute Gasteiger partial charge is 0.267 e. The molecular formula is C21H25N3O3. The molecular weight excluding hydrogens is 342 g/mol. The van der Waals surface area contributed by atoms with Crippen molar-refractivity contribution in [2.24, 2.45) is 0 Å². The van der Waals surface area contributed by atoms with E-state index in [0.717, 1.165) is 17.8 Å². The highest BCUT2D eigenvalue weighted by molar-refractivity contribution is 6.00. The van der Waals surface area contributed by atoms with Crippen LogP contribution in [0.2, 0.25) is 0 Å². The highest BCUT2D eigenvalue weighted by Gasteiger charge is 2.31. The van der Waals surface area contributed by atoms with Gasteiger partial charge in [0.1, 0.15) is 5.75 Å². The number of carbonyl (C=O) groups is 2. The van der Waals surface area contributed by atoms with Crippen LogP contribution in [-0.2, 0) is 16.1 Å². The van der Waals surface area contributed by atoms with Crippen molar-refractivity contribution < 1.29 is 14.3 Å². The summed E-state index contributed by atoms with van der Waals surface area (Å²) >= 11 is 0. The molecule has 0 aliphatic carbocycles. The Morgan fingerprint density at radius 2 is 1.96 bits per heavy atom. The highest BCUT2D eigenvalue weighted by Crippen LogP contribution is 2.33. The summed E-state index contributed by atoms with van der Waals surface area (Å²) in [6, 6.07) is 15.2. The van der Waals surface area contributed by atoms with Crippen molar-refractivity contribution in [1.82, 2.24) is 4.90 Å². The van der Waals surface area contributed by atoms with Gasteiger partial charge in [-0.3, -0.25) is 9.59 Å². The molecule has 1 N–H and O–H groups in total. The monoisotopic (exact) mass is 367 g/mol. The van der Waals surface area contributed by atoms with Gasteiger partial charge in [0.2, 0.25) is 5.91 Å². The summed E-state index contributed by atoms with van der Waals surface area (Å²) < 4.78 is 5.63. The first-order chi connectivity index (χ1) is 12.9. The zero-order chi connectivity index (χ0) is 19.4. The molecule has 3 rings (SSSR count). The van der Waals surface area contributed by atoms with Crippen molar-refractivity contribution in [1.29, 1.82) is 0 Å². The molecule has 6 heteroatoms.